The summed E-state index contributed by atoms with van der Waals surface area (Å²) in [6, 6.07) is 10.6. The molecule has 1 aromatic carbocycles. The zero-order valence-electron chi connectivity index (χ0n) is 12.8. The van der Waals surface area contributed by atoms with Gasteiger partial charge in [0.15, 0.2) is 0 Å². The van der Waals surface area contributed by atoms with Crippen molar-refractivity contribution in [2.45, 2.75) is 46.0 Å². The quantitative estimate of drug-likeness (QED) is 0.766. The first kappa shape index (κ1) is 14.9. The van der Waals surface area contributed by atoms with E-state index in [2.05, 4.69) is 68.9 Å². The molecule has 3 heteroatoms. The molecular weight excluding hydrogens is 264 g/mol. The molecule has 0 aliphatic heterocycles. The van der Waals surface area contributed by atoms with E-state index in [1.54, 1.807) is 0 Å². The maximum Gasteiger partial charge on any atom is 0.130 e. The van der Waals surface area contributed by atoms with E-state index < -0.39 is 0 Å². The molecule has 0 saturated carbocycles. The van der Waals surface area contributed by atoms with Crippen LogP contribution in [-0.2, 0) is 5.41 Å². The predicted octanol–water partition coefficient (Wildman–Crippen LogP) is 5.23. The Balaban J connectivity index is 2.44. The van der Waals surface area contributed by atoms with Crippen molar-refractivity contribution in [3.8, 4) is 11.3 Å². The summed E-state index contributed by atoms with van der Waals surface area (Å²) in [4.78, 5) is 7.76. The number of hydrogen-bond acceptors (Lipinski definition) is 2. The second kappa shape index (κ2) is 5.49. The highest BCUT2D eigenvalue weighted by atomic mass is 32.1. The first-order valence-electron chi connectivity index (χ1n) is 6.99. The SMILES string of the molecule is CC(C)c1nc(=S)cc(-c2ccc(C(C)(C)C)cc2)[nH]1. The lowest BCUT2D eigenvalue weighted by Crippen LogP contribution is -2.10. The fourth-order valence-electron chi connectivity index (χ4n) is 2.06. The van der Waals surface area contributed by atoms with Crippen LogP contribution in [0.5, 0.6) is 0 Å². The minimum Gasteiger partial charge on any atom is -0.343 e. The standard InChI is InChI=1S/C17H22N2S/c1-11(2)16-18-14(10-15(20)19-16)12-6-8-13(9-7-12)17(3,4)5/h6-11H,1-5H3,(H,18,19,20). The number of H-pyrrole nitrogens is 1. The molecule has 106 valence electrons. The average Bonchev–Trinajstić information content (AvgIpc) is 2.37. The van der Waals surface area contributed by atoms with Crippen molar-refractivity contribution >= 4 is 12.2 Å². The van der Waals surface area contributed by atoms with Crippen molar-refractivity contribution in [1.82, 2.24) is 9.97 Å². The number of nitrogens with zero attached hydrogens (tertiary/aromatic N) is 1. The summed E-state index contributed by atoms with van der Waals surface area (Å²) < 4.78 is 0.641. The van der Waals surface area contributed by atoms with Gasteiger partial charge in [0.05, 0.1) is 0 Å². The highest BCUT2D eigenvalue weighted by molar-refractivity contribution is 7.71. The number of hydrogen-bond donors (Lipinski definition) is 1. The van der Waals surface area contributed by atoms with Crippen LogP contribution in [0.25, 0.3) is 11.3 Å². The summed E-state index contributed by atoms with van der Waals surface area (Å²) in [5, 5.41) is 0. The van der Waals surface area contributed by atoms with E-state index in [1.807, 2.05) is 6.07 Å². The van der Waals surface area contributed by atoms with Crippen molar-refractivity contribution in [3.63, 3.8) is 0 Å². The minimum atomic E-state index is 0.173. The molecule has 2 aromatic rings. The van der Waals surface area contributed by atoms with E-state index in [9.17, 15) is 0 Å². The molecular formula is C17H22N2S. The topological polar surface area (TPSA) is 28.7 Å². The molecule has 2 nitrogen and oxygen atoms in total. The van der Waals surface area contributed by atoms with Gasteiger partial charge in [0, 0.05) is 11.6 Å². The lowest BCUT2D eigenvalue weighted by molar-refractivity contribution is 0.590. The van der Waals surface area contributed by atoms with Crippen LogP contribution in [0.1, 0.15) is 51.9 Å². The van der Waals surface area contributed by atoms with E-state index >= 15 is 0 Å². The van der Waals surface area contributed by atoms with Gasteiger partial charge in [-0.2, -0.15) is 0 Å². The molecule has 0 spiro atoms. The molecule has 0 aliphatic carbocycles. The molecule has 0 radical (unpaired) electrons. The molecule has 1 heterocycles. The molecule has 0 amide bonds. The van der Waals surface area contributed by atoms with E-state index in [0.29, 0.717) is 10.6 Å². The molecule has 1 N–H and O–H groups in total. The van der Waals surface area contributed by atoms with E-state index in [4.69, 9.17) is 12.2 Å². The number of aromatic amines is 1. The summed E-state index contributed by atoms with van der Waals surface area (Å²) in [7, 11) is 0. The summed E-state index contributed by atoms with van der Waals surface area (Å²) in [6.45, 7) is 10.9. The predicted molar refractivity (Wildman–Crippen MR) is 87.6 cm³/mol. The second-order valence-electron chi connectivity index (χ2n) is 6.50. The normalized spacial score (nSPS) is 11.9. The number of aromatic nitrogens is 2. The summed E-state index contributed by atoms with van der Waals surface area (Å²) in [6.07, 6.45) is 0. The Bertz CT molecular complexity index is 646. The maximum atomic E-state index is 5.26. The Morgan fingerprint density at radius 2 is 1.70 bits per heavy atom. The third kappa shape index (κ3) is 3.34. The van der Waals surface area contributed by atoms with Gasteiger partial charge in [-0.3, -0.25) is 0 Å². The van der Waals surface area contributed by atoms with Gasteiger partial charge in [-0.1, -0.05) is 71.1 Å². The van der Waals surface area contributed by atoms with Crippen molar-refractivity contribution < 1.29 is 0 Å². The molecule has 2 rings (SSSR count). The van der Waals surface area contributed by atoms with Gasteiger partial charge in [-0.05, 0) is 22.6 Å². The van der Waals surface area contributed by atoms with Crippen molar-refractivity contribution in [1.29, 1.82) is 0 Å². The number of rotatable bonds is 2. The van der Waals surface area contributed by atoms with Crippen LogP contribution in [0, 0.1) is 4.64 Å². The van der Waals surface area contributed by atoms with Crippen molar-refractivity contribution in [3.05, 3.63) is 46.4 Å². The lowest BCUT2D eigenvalue weighted by atomic mass is 9.86. The van der Waals surface area contributed by atoms with E-state index in [1.165, 1.54) is 5.56 Å². The third-order valence-corrected chi connectivity index (χ3v) is 3.58. The van der Waals surface area contributed by atoms with Gasteiger partial charge in [-0.25, -0.2) is 4.98 Å². The largest absolute Gasteiger partial charge is 0.343 e. The second-order valence-corrected chi connectivity index (χ2v) is 6.92. The van der Waals surface area contributed by atoms with E-state index in [0.717, 1.165) is 17.1 Å². The molecule has 20 heavy (non-hydrogen) atoms. The highest BCUT2D eigenvalue weighted by Crippen LogP contribution is 2.25. The lowest BCUT2D eigenvalue weighted by Gasteiger charge is -2.19. The third-order valence-electron chi connectivity index (χ3n) is 3.37. The fraction of sp³-hybridized carbons (Fsp3) is 0.412. The fourth-order valence-corrected chi connectivity index (χ4v) is 2.27. The van der Waals surface area contributed by atoms with Crippen LogP contribution in [0.15, 0.2) is 30.3 Å². The minimum absolute atomic E-state index is 0.173. The Kier molecular flexibility index (Phi) is 4.09. The van der Waals surface area contributed by atoms with Crippen LogP contribution < -0.4 is 0 Å². The van der Waals surface area contributed by atoms with Crippen molar-refractivity contribution in [2.24, 2.45) is 0 Å². The zero-order valence-corrected chi connectivity index (χ0v) is 13.6. The first-order valence-corrected chi connectivity index (χ1v) is 7.40. The highest BCUT2D eigenvalue weighted by Gasteiger charge is 2.13. The van der Waals surface area contributed by atoms with Gasteiger partial charge < -0.3 is 4.98 Å². The molecule has 0 bridgehead atoms. The zero-order chi connectivity index (χ0) is 14.9. The monoisotopic (exact) mass is 286 g/mol. The smallest absolute Gasteiger partial charge is 0.130 e. The van der Waals surface area contributed by atoms with Crippen LogP contribution in [-0.4, -0.2) is 9.97 Å². The van der Waals surface area contributed by atoms with Gasteiger partial charge in [0.1, 0.15) is 10.5 Å². The number of benzene rings is 1. The molecule has 0 aliphatic rings. The Morgan fingerprint density at radius 3 is 2.20 bits per heavy atom. The number of nitrogens with one attached hydrogen (secondary N) is 1. The van der Waals surface area contributed by atoms with Crippen LogP contribution >= 0.6 is 12.2 Å². The van der Waals surface area contributed by atoms with Gasteiger partial charge in [0.25, 0.3) is 0 Å². The molecule has 0 atom stereocenters. The molecule has 0 fully saturated rings. The van der Waals surface area contributed by atoms with Crippen LogP contribution in [0.4, 0.5) is 0 Å². The summed E-state index contributed by atoms with van der Waals surface area (Å²) >= 11 is 5.26. The van der Waals surface area contributed by atoms with Crippen LogP contribution in [0.2, 0.25) is 0 Å². The Hall–Kier alpha value is -1.48. The van der Waals surface area contributed by atoms with Crippen molar-refractivity contribution in [2.75, 3.05) is 0 Å². The van der Waals surface area contributed by atoms with Gasteiger partial charge in [0.2, 0.25) is 0 Å². The Labute approximate surface area is 126 Å². The Morgan fingerprint density at radius 1 is 1.10 bits per heavy atom. The molecule has 0 unspecified atom stereocenters. The first-order chi connectivity index (χ1) is 9.27. The average molecular weight is 286 g/mol. The summed E-state index contributed by atoms with van der Waals surface area (Å²) in [5.74, 6) is 1.28. The van der Waals surface area contributed by atoms with Crippen LogP contribution in [0.3, 0.4) is 0 Å². The summed E-state index contributed by atoms with van der Waals surface area (Å²) in [5.41, 5.74) is 3.69. The van der Waals surface area contributed by atoms with Gasteiger partial charge in [-0.15, -0.1) is 0 Å². The van der Waals surface area contributed by atoms with E-state index in [-0.39, 0.29) is 5.41 Å². The molecule has 1 aromatic heterocycles. The molecule has 0 saturated heterocycles. The van der Waals surface area contributed by atoms with Gasteiger partial charge >= 0.3 is 0 Å². The maximum absolute atomic E-state index is 5.26.